The number of hydrogen-bond donors (Lipinski definition) is 1. The number of rotatable bonds is 5. The maximum absolute atomic E-state index is 11.0. The van der Waals surface area contributed by atoms with Gasteiger partial charge in [0.15, 0.2) is 5.03 Å². The van der Waals surface area contributed by atoms with E-state index in [0.29, 0.717) is 18.3 Å². The van der Waals surface area contributed by atoms with Crippen LogP contribution in [0.25, 0.3) is 0 Å². The number of hydrogen-bond acceptors (Lipinski definition) is 8. The van der Waals surface area contributed by atoms with Crippen LogP contribution in [-0.2, 0) is 0 Å². The normalized spacial score (nSPS) is 10.4. The Balaban J connectivity index is 2.34. The monoisotopic (exact) mass is 281 g/mol. The molecule has 2 aromatic rings. The highest BCUT2D eigenvalue weighted by atomic mass is 32.2. The fraction of sp³-hybridized carbons (Fsp3) is 0.300. The predicted molar refractivity (Wildman–Crippen MR) is 68.2 cm³/mol. The molecule has 2 aromatic heterocycles. The van der Waals surface area contributed by atoms with Crippen LogP contribution < -0.4 is 5.32 Å². The Bertz CT molecular complexity index is 601. The van der Waals surface area contributed by atoms with E-state index in [1.165, 1.54) is 6.07 Å². The van der Waals surface area contributed by atoms with Gasteiger partial charge in [0.05, 0.1) is 4.92 Å². The van der Waals surface area contributed by atoms with Gasteiger partial charge in [0, 0.05) is 19.5 Å². The molecule has 0 saturated carbocycles. The minimum atomic E-state index is -0.492. The van der Waals surface area contributed by atoms with Gasteiger partial charge in [-0.15, -0.1) is 10.2 Å². The van der Waals surface area contributed by atoms with Crippen molar-refractivity contribution in [2.45, 2.75) is 24.1 Å². The van der Waals surface area contributed by atoms with Crippen LogP contribution in [0.2, 0.25) is 0 Å². The average Bonchev–Trinajstić information content (AvgIpc) is 2.75. The van der Waals surface area contributed by atoms with Crippen LogP contribution >= 0.6 is 11.8 Å². The first-order valence-electron chi connectivity index (χ1n) is 5.47. The van der Waals surface area contributed by atoms with Crippen molar-refractivity contribution >= 4 is 23.3 Å². The predicted octanol–water partition coefficient (Wildman–Crippen LogP) is 2.26. The number of anilines is 1. The summed E-state index contributed by atoms with van der Waals surface area (Å²) in [4.78, 5) is 14.6. The zero-order valence-electron chi connectivity index (χ0n) is 10.3. The van der Waals surface area contributed by atoms with Crippen molar-refractivity contribution in [3.63, 3.8) is 0 Å². The molecule has 0 aromatic carbocycles. The van der Waals surface area contributed by atoms with Gasteiger partial charge >= 0.3 is 5.69 Å². The van der Waals surface area contributed by atoms with Crippen LogP contribution in [0.3, 0.4) is 0 Å². The molecule has 19 heavy (non-hydrogen) atoms. The van der Waals surface area contributed by atoms with E-state index in [1.807, 2.05) is 6.92 Å². The van der Waals surface area contributed by atoms with Crippen molar-refractivity contribution in [1.82, 2.24) is 15.2 Å². The molecule has 0 radical (unpaired) electrons. The topological polar surface area (TPSA) is 107 Å². The second kappa shape index (κ2) is 5.65. The summed E-state index contributed by atoms with van der Waals surface area (Å²) in [6.07, 6.45) is 0. The van der Waals surface area contributed by atoms with Crippen LogP contribution in [0, 0.1) is 17.0 Å². The summed E-state index contributed by atoms with van der Waals surface area (Å²) in [5.74, 6) is 0.958. The van der Waals surface area contributed by atoms with Gasteiger partial charge in [-0.3, -0.25) is 10.1 Å². The Morgan fingerprint density at radius 1 is 1.47 bits per heavy atom. The Morgan fingerprint density at radius 2 is 2.26 bits per heavy atom. The van der Waals surface area contributed by atoms with E-state index in [-0.39, 0.29) is 15.9 Å². The molecule has 8 nitrogen and oxygen atoms in total. The van der Waals surface area contributed by atoms with Crippen molar-refractivity contribution in [2.75, 3.05) is 11.9 Å². The number of pyridine rings is 1. The first-order valence-corrected chi connectivity index (χ1v) is 6.29. The van der Waals surface area contributed by atoms with Crippen LogP contribution in [0.1, 0.15) is 12.8 Å². The lowest BCUT2D eigenvalue weighted by Gasteiger charge is -2.04. The molecule has 0 saturated heterocycles. The number of aromatic nitrogens is 3. The van der Waals surface area contributed by atoms with Gasteiger partial charge in [-0.1, -0.05) is 0 Å². The second-order valence-electron chi connectivity index (χ2n) is 3.50. The highest BCUT2D eigenvalue weighted by Crippen LogP contribution is 2.33. The summed E-state index contributed by atoms with van der Waals surface area (Å²) in [5, 5.41) is 21.8. The standard InChI is InChI=1S/C10H11N5O3S/c1-3-11-8-5-4-7(15(16)17)9(12-8)19-10-14-13-6(2)18-10/h4-5H,3H2,1-2H3,(H,11,12). The van der Waals surface area contributed by atoms with E-state index >= 15 is 0 Å². The number of nitrogens with one attached hydrogen (secondary N) is 1. The summed E-state index contributed by atoms with van der Waals surface area (Å²) < 4.78 is 5.18. The summed E-state index contributed by atoms with van der Waals surface area (Å²) in [5.41, 5.74) is -0.0949. The van der Waals surface area contributed by atoms with Crippen molar-refractivity contribution in [3.05, 3.63) is 28.1 Å². The Morgan fingerprint density at radius 3 is 2.84 bits per heavy atom. The van der Waals surface area contributed by atoms with Gasteiger partial charge in [0.25, 0.3) is 5.22 Å². The van der Waals surface area contributed by atoms with E-state index in [2.05, 4.69) is 20.5 Å². The third-order valence-electron chi connectivity index (χ3n) is 2.09. The van der Waals surface area contributed by atoms with E-state index in [0.717, 1.165) is 11.8 Å². The molecular weight excluding hydrogens is 270 g/mol. The molecule has 9 heteroatoms. The summed E-state index contributed by atoms with van der Waals surface area (Å²) in [6, 6.07) is 2.96. The molecule has 0 fully saturated rings. The van der Waals surface area contributed by atoms with Gasteiger partial charge in [0.1, 0.15) is 5.82 Å². The molecule has 0 aliphatic heterocycles. The first kappa shape index (κ1) is 13.3. The van der Waals surface area contributed by atoms with Gasteiger partial charge in [-0.05, 0) is 24.8 Å². The highest BCUT2D eigenvalue weighted by molar-refractivity contribution is 7.99. The molecule has 0 spiro atoms. The Labute approximate surface area is 112 Å². The molecule has 0 aliphatic rings. The van der Waals surface area contributed by atoms with Crippen LogP contribution in [0.4, 0.5) is 11.5 Å². The van der Waals surface area contributed by atoms with Gasteiger partial charge < -0.3 is 9.73 Å². The molecule has 0 aliphatic carbocycles. The molecule has 0 unspecified atom stereocenters. The lowest BCUT2D eigenvalue weighted by Crippen LogP contribution is -2.01. The van der Waals surface area contributed by atoms with Gasteiger partial charge in [-0.25, -0.2) is 4.98 Å². The van der Waals surface area contributed by atoms with Crippen molar-refractivity contribution in [2.24, 2.45) is 0 Å². The van der Waals surface area contributed by atoms with E-state index in [9.17, 15) is 10.1 Å². The SMILES string of the molecule is CCNc1ccc([N+](=O)[O-])c(Sc2nnc(C)o2)n1. The smallest absolute Gasteiger partial charge is 0.302 e. The number of aryl methyl sites for hydroxylation is 1. The van der Waals surface area contributed by atoms with E-state index < -0.39 is 4.92 Å². The van der Waals surface area contributed by atoms with Crippen LogP contribution in [-0.4, -0.2) is 26.6 Å². The number of nitro groups is 1. The Kier molecular flexibility index (Phi) is 3.95. The van der Waals surface area contributed by atoms with Gasteiger partial charge in [-0.2, -0.15) is 0 Å². The van der Waals surface area contributed by atoms with Crippen molar-refractivity contribution in [1.29, 1.82) is 0 Å². The first-order chi connectivity index (χ1) is 9.10. The zero-order valence-corrected chi connectivity index (χ0v) is 11.1. The molecule has 0 bridgehead atoms. The largest absolute Gasteiger partial charge is 0.416 e. The molecule has 2 heterocycles. The molecule has 2 rings (SSSR count). The summed E-state index contributed by atoms with van der Waals surface area (Å²) in [6.45, 7) is 4.24. The molecule has 0 amide bonds. The van der Waals surface area contributed by atoms with Crippen molar-refractivity contribution < 1.29 is 9.34 Å². The maximum Gasteiger partial charge on any atom is 0.302 e. The van der Waals surface area contributed by atoms with Crippen LogP contribution in [0.15, 0.2) is 26.8 Å². The Hall–Kier alpha value is -2.16. The van der Waals surface area contributed by atoms with E-state index in [1.54, 1.807) is 13.0 Å². The lowest BCUT2D eigenvalue weighted by atomic mass is 10.4. The lowest BCUT2D eigenvalue weighted by molar-refractivity contribution is -0.388. The number of nitrogens with zero attached hydrogens (tertiary/aromatic N) is 4. The van der Waals surface area contributed by atoms with Crippen molar-refractivity contribution in [3.8, 4) is 0 Å². The molecular formula is C10H11N5O3S. The summed E-state index contributed by atoms with van der Waals surface area (Å²) >= 11 is 0.970. The fourth-order valence-corrected chi connectivity index (χ4v) is 2.13. The van der Waals surface area contributed by atoms with Gasteiger partial charge in [0.2, 0.25) is 5.89 Å². The van der Waals surface area contributed by atoms with Crippen LogP contribution in [0.5, 0.6) is 0 Å². The highest BCUT2D eigenvalue weighted by Gasteiger charge is 2.19. The zero-order chi connectivity index (χ0) is 13.8. The summed E-state index contributed by atoms with van der Waals surface area (Å²) in [7, 11) is 0. The van der Waals surface area contributed by atoms with E-state index in [4.69, 9.17) is 4.42 Å². The molecule has 0 atom stereocenters. The second-order valence-corrected chi connectivity index (χ2v) is 4.44. The maximum atomic E-state index is 11.0. The molecule has 100 valence electrons. The third kappa shape index (κ3) is 3.19. The molecule has 1 N–H and O–H groups in total. The fourth-order valence-electron chi connectivity index (χ4n) is 1.33. The third-order valence-corrected chi connectivity index (χ3v) is 2.92. The quantitative estimate of drug-likeness (QED) is 0.656. The minimum absolute atomic E-state index is 0.0949. The minimum Gasteiger partial charge on any atom is -0.416 e. The average molecular weight is 281 g/mol.